The summed E-state index contributed by atoms with van der Waals surface area (Å²) in [4.78, 5) is 38.8. The Kier molecular flexibility index (Phi) is 12.6. The number of H-pyrrole nitrogens is 1. The first-order valence-corrected chi connectivity index (χ1v) is 25.6. The van der Waals surface area contributed by atoms with Gasteiger partial charge in [0.25, 0.3) is 15.9 Å². The number of fused-ring (bicyclic) bond motifs is 2. The fourth-order valence-corrected chi connectivity index (χ4v) is 11.0. The molecule has 0 radical (unpaired) electrons. The van der Waals surface area contributed by atoms with E-state index in [1.807, 2.05) is 30.3 Å². The van der Waals surface area contributed by atoms with Crippen molar-refractivity contribution in [3.05, 3.63) is 117 Å². The topological polar surface area (TPSA) is 215 Å². The average molecular weight is 973 g/mol. The van der Waals surface area contributed by atoms with Crippen molar-refractivity contribution >= 4 is 76.6 Å². The molecule has 2 N–H and O–H groups in total. The summed E-state index contributed by atoms with van der Waals surface area (Å²) in [5.74, 6) is -1.23. The number of sulfonamides is 2. The minimum atomic E-state index is -4.69. The molecule has 2 aliphatic heterocycles. The van der Waals surface area contributed by atoms with Gasteiger partial charge < -0.3 is 14.4 Å². The number of pyridine rings is 1. The number of morpholine rings is 1. The zero-order chi connectivity index (χ0) is 47.3. The van der Waals surface area contributed by atoms with E-state index in [0.29, 0.717) is 40.5 Å². The lowest BCUT2D eigenvalue weighted by Crippen LogP contribution is -2.47. The number of nitrogens with zero attached hydrogens (tertiary/aromatic N) is 7. The number of hydrogen-bond acceptors (Lipinski definition) is 13. The molecular weight excluding hydrogens is 922 g/mol. The Hall–Kier alpha value is -5.90. The normalized spacial score (nSPS) is 18.7. The smallest absolute Gasteiger partial charge is 0.312 e. The molecule has 18 nitrogen and oxygen atoms in total. The molecule has 6 aromatic rings. The van der Waals surface area contributed by atoms with E-state index < -0.39 is 47.6 Å². The zero-order valence-electron chi connectivity index (χ0n) is 37.1. The Morgan fingerprint density at radius 3 is 2.54 bits per heavy atom. The monoisotopic (exact) mass is 971 g/mol. The summed E-state index contributed by atoms with van der Waals surface area (Å²) >= 11 is 6.25. The maximum absolute atomic E-state index is 14.2. The van der Waals surface area contributed by atoms with Crippen molar-refractivity contribution in [3.8, 4) is 11.4 Å². The van der Waals surface area contributed by atoms with Gasteiger partial charge in [-0.3, -0.25) is 29.6 Å². The van der Waals surface area contributed by atoms with Crippen LogP contribution in [-0.2, 0) is 24.8 Å². The van der Waals surface area contributed by atoms with E-state index in [2.05, 4.69) is 55.6 Å². The Bertz CT molecular complexity index is 3150. The van der Waals surface area contributed by atoms with Crippen molar-refractivity contribution in [2.45, 2.75) is 44.1 Å². The van der Waals surface area contributed by atoms with Crippen LogP contribution < -0.4 is 14.4 Å². The molecule has 5 heterocycles. The Morgan fingerprint density at radius 1 is 1.01 bits per heavy atom. The van der Waals surface area contributed by atoms with Crippen LogP contribution in [0.1, 0.15) is 49.0 Å². The molecule has 2 saturated heterocycles. The van der Waals surface area contributed by atoms with Gasteiger partial charge in [0.15, 0.2) is 11.4 Å². The van der Waals surface area contributed by atoms with Gasteiger partial charge in [-0.15, -0.1) is 0 Å². The number of amides is 1. The molecule has 1 unspecified atom stereocenters. The lowest BCUT2D eigenvalue weighted by Gasteiger charge is -2.39. The number of nitro groups is 1. The second kappa shape index (κ2) is 18.3. The number of hydrogen-bond donors (Lipinski definition) is 2. The molecule has 1 aliphatic carbocycles. The zero-order valence-corrected chi connectivity index (χ0v) is 39.5. The van der Waals surface area contributed by atoms with Crippen molar-refractivity contribution in [3.63, 3.8) is 0 Å². The summed E-state index contributed by atoms with van der Waals surface area (Å²) in [5.41, 5.74) is 6.51. The standard InChI is InChI=1S/C46H50ClN9O9S2/c1-46(2)14-12-32(38(25-46)30-4-6-33(47)7-5-30)27-52-16-18-53(19-17-52)34-8-10-37(40(23-34)55-41-22-31-13-15-48-44(31)50-39(41)26-49-55)45(57)51-67(62,63)36-9-11-43(42(24-36)56(58)59)65-29-35-28-54(20-21-64-35)66(3,60)61/h4-11,13,15,22-24,26,35,49H,12,14,16-21,25,27-29H2,1-3H3,(H,51,57). The number of aromatic amines is 1. The predicted molar refractivity (Wildman–Crippen MR) is 255 cm³/mol. The SMILES string of the molecule is CC1(C)CCC(CN2CCN(c3ccc(C(=O)NS(=O)(=O)c4ccc(OCC5CN(S(C)(=O)=O)CCO5)c([N+](=O)[O-])c4)c(-n4[nH]cc5nc6nccc6cc54)c3)CC2)=C(c2ccc(Cl)cc2)C1. The fourth-order valence-electron chi connectivity index (χ4n) is 9.05. The third kappa shape index (κ3) is 10.0. The molecule has 3 aromatic heterocycles. The molecule has 352 valence electrons. The lowest BCUT2D eigenvalue weighted by molar-refractivity contribution is -0.386. The third-order valence-corrected chi connectivity index (χ3v) is 15.6. The maximum atomic E-state index is 14.2. The van der Waals surface area contributed by atoms with Crippen LogP contribution in [0.3, 0.4) is 0 Å². The molecule has 0 saturated carbocycles. The summed E-state index contributed by atoms with van der Waals surface area (Å²) in [5, 5.41) is 16.9. The Balaban J connectivity index is 0.962. The van der Waals surface area contributed by atoms with Gasteiger partial charge in [0.2, 0.25) is 10.0 Å². The Labute approximate surface area is 392 Å². The van der Waals surface area contributed by atoms with E-state index in [9.17, 15) is 31.7 Å². The summed E-state index contributed by atoms with van der Waals surface area (Å²) in [6.07, 6.45) is 6.83. The van der Waals surface area contributed by atoms with E-state index in [1.165, 1.54) is 21.0 Å². The number of halogens is 1. The second-order valence-electron chi connectivity index (χ2n) is 18.0. The second-order valence-corrected chi connectivity index (χ2v) is 22.1. The predicted octanol–water partition coefficient (Wildman–Crippen LogP) is 6.41. The van der Waals surface area contributed by atoms with Crippen LogP contribution in [-0.4, -0.2) is 128 Å². The highest BCUT2D eigenvalue weighted by atomic mass is 35.5. The first kappa shape index (κ1) is 46.2. The number of nitro benzene ring substituents is 1. The van der Waals surface area contributed by atoms with Gasteiger partial charge in [-0.2, -0.15) is 4.31 Å². The van der Waals surface area contributed by atoms with Crippen LogP contribution in [0.25, 0.3) is 33.3 Å². The molecule has 2 fully saturated rings. The lowest BCUT2D eigenvalue weighted by atomic mass is 9.72. The van der Waals surface area contributed by atoms with Crippen molar-refractivity contribution in [2.24, 2.45) is 5.41 Å². The number of rotatable bonds is 13. The number of ether oxygens (including phenoxy) is 2. The number of benzene rings is 3. The molecule has 3 aliphatic rings. The van der Waals surface area contributed by atoms with Crippen LogP contribution in [0, 0.1) is 15.5 Å². The number of nitrogens with one attached hydrogen (secondary N) is 2. The summed E-state index contributed by atoms with van der Waals surface area (Å²) < 4.78 is 68.1. The molecule has 1 atom stereocenters. The molecule has 9 rings (SSSR count). The average Bonchev–Trinajstić information content (AvgIpc) is 3.94. The summed E-state index contributed by atoms with van der Waals surface area (Å²) in [6.45, 7) is 8.54. The first-order valence-electron chi connectivity index (χ1n) is 21.9. The van der Waals surface area contributed by atoms with Gasteiger partial charge in [0.1, 0.15) is 18.2 Å². The molecule has 1 amide bonds. The number of allylic oxidation sites excluding steroid dienone is 1. The van der Waals surface area contributed by atoms with Crippen LogP contribution in [0.2, 0.25) is 5.02 Å². The number of aromatic nitrogens is 4. The molecule has 0 spiro atoms. The first-order chi connectivity index (χ1) is 31.9. The quantitative estimate of drug-likeness (QED) is 0.0947. The van der Waals surface area contributed by atoms with Gasteiger partial charge in [0, 0.05) is 80.4 Å². The van der Waals surface area contributed by atoms with Gasteiger partial charge >= 0.3 is 5.69 Å². The number of piperazine rings is 1. The molecular formula is C46H50ClN9O9S2. The molecule has 0 bridgehead atoms. The highest BCUT2D eigenvalue weighted by Gasteiger charge is 2.32. The van der Waals surface area contributed by atoms with E-state index in [1.54, 1.807) is 29.2 Å². The summed E-state index contributed by atoms with van der Waals surface area (Å²) in [7, 11) is -8.19. The Morgan fingerprint density at radius 2 is 1.79 bits per heavy atom. The highest BCUT2D eigenvalue weighted by molar-refractivity contribution is 7.90. The van der Waals surface area contributed by atoms with Crippen LogP contribution >= 0.6 is 11.6 Å². The fraction of sp³-hybridized carbons (Fsp3) is 0.370. The van der Waals surface area contributed by atoms with E-state index in [4.69, 9.17) is 21.1 Å². The summed E-state index contributed by atoms with van der Waals surface area (Å²) in [6, 6.07) is 20.1. The van der Waals surface area contributed by atoms with E-state index >= 15 is 0 Å². The number of anilines is 1. The number of carbonyl (C=O) groups is 1. The van der Waals surface area contributed by atoms with Crippen molar-refractivity contribution in [1.82, 2.24) is 33.7 Å². The van der Waals surface area contributed by atoms with Crippen LogP contribution in [0.15, 0.2) is 95.7 Å². The third-order valence-electron chi connectivity index (χ3n) is 12.7. The van der Waals surface area contributed by atoms with Gasteiger partial charge in [-0.05, 0) is 90.4 Å². The number of carbonyl (C=O) groups excluding carboxylic acids is 1. The van der Waals surface area contributed by atoms with Crippen molar-refractivity contribution < 1.29 is 36.0 Å². The van der Waals surface area contributed by atoms with Gasteiger partial charge in [-0.25, -0.2) is 31.5 Å². The van der Waals surface area contributed by atoms with Crippen LogP contribution in [0.4, 0.5) is 11.4 Å². The molecule has 67 heavy (non-hydrogen) atoms. The minimum absolute atomic E-state index is 0.00685. The minimum Gasteiger partial charge on any atom is -0.484 e. The highest BCUT2D eigenvalue weighted by Crippen LogP contribution is 2.43. The van der Waals surface area contributed by atoms with Crippen molar-refractivity contribution in [1.29, 1.82) is 0 Å². The molecule has 21 heteroatoms. The van der Waals surface area contributed by atoms with Crippen LogP contribution in [0.5, 0.6) is 5.75 Å². The van der Waals surface area contributed by atoms with Gasteiger partial charge in [-0.1, -0.05) is 43.2 Å². The maximum Gasteiger partial charge on any atom is 0.312 e. The van der Waals surface area contributed by atoms with E-state index in [-0.39, 0.29) is 43.0 Å². The largest absolute Gasteiger partial charge is 0.484 e. The van der Waals surface area contributed by atoms with E-state index in [0.717, 1.165) is 74.4 Å². The van der Waals surface area contributed by atoms with Gasteiger partial charge in [0.05, 0.1) is 39.4 Å². The molecule has 3 aromatic carbocycles. The van der Waals surface area contributed by atoms with Crippen molar-refractivity contribution in [2.75, 3.05) is 70.2 Å².